The van der Waals surface area contributed by atoms with Crippen LogP contribution in [0.3, 0.4) is 0 Å². The number of hydrogen-bond donors (Lipinski definition) is 1. The average molecular weight is 401 g/mol. The molecule has 0 aliphatic heterocycles. The number of methoxy groups -OCH3 is 1. The van der Waals surface area contributed by atoms with Gasteiger partial charge in [0.05, 0.1) is 13.2 Å². The van der Waals surface area contributed by atoms with E-state index in [9.17, 15) is 5.11 Å². The lowest BCUT2D eigenvalue weighted by molar-refractivity contribution is 0.147. The number of allylic oxidation sites excluding steroid dienone is 5. The highest BCUT2D eigenvalue weighted by molar-refractivity contribution is 5.43. The summed E-state index contributed by atoms with van der Waals surface area (Å²) < 4.78 is 5.95. The van der Waals surface area contributed by atoms with Crippen LogP contribution in [0.15, 0.2) is 46.3 Å². The summed E-state index contributed by atoms with van der Waals surface area (Å²) in [4.78, 5) is 0. The molecule has 2 heteroatoms. The molecule has 3 unspecified atom stereocenters. The van der Waals surface area contributed by atoms with Crippen LogP contribution in [-0.4, -0.2) is 18.3 Å². The summed E-state index contributed by atoms with van der Waals surface area (Å²) in [6, 6.07) is 0. The first-order chi connectivity index (χ1) is 13.1. The molecule has 0 fully saturated rings. The van der Waals surface area contributed by atoms with E-state index in [0.717, 1.165) is 24.2 Å². The second kappa shape index (κ2) is 8.10. The molecule has 0 saturated carbocycles. The largest absolute Gasteiger partial charge is 0.496 e. The summed E-state index contributed by atoms with van der Waals surface area (Å²) >= 11 is 0. The molecule has 29 heavy (non-hydrogen) atoms. The second-order valence-corrected chi connectivity index (χ2v) is 12.2. The van der Waals surface area contributed by atoms with Crippen molar-refractivity contribution >= 4 is 0 Å². The maximum atomic E-state index is 10.7. The zero-order chi connectivity index (χ0) is 22.4. The van der Waals surface area contributed by atoms with Gasteiger partial charge < -0.3 is 9.84 Å². The third kappa shape index (κ3) is 5.45. The van der Waals surface area contributed by atoms with Crippen molar-refractivity contribution in [2.45, 2.75) is 88.2 Å². The average Bonchev–Trinajstić information content (AvgIpc) is 2.54. The van der Waals surface area contributed by atoms with Crippen LogP contribution in [0, 0.1) is 28.1 Å². The minimum Gasteiger partial charge on any atom is -0.496 e. The summed E-state index contributed by atoms with van der Waals surface area (Å²) in [7, 11) is 1.81. The van der Waals surface area contributed by atoms with E-state index >= 15 is 0 Å². The van der Waals surface area contributed by atoms with E-state index in [4.69, 9.17) is 4.74 Å². The summed E-state index contributed by atoms with van der Waals surface area (Å²) in [5.74, 6) is 1.70. The molecule has 1 N–H and O–H groups in total. The van der Waals surface area contributed by atoms with Crippen molar-refractivity contribution in [1.82, 2.24) is 0 Å². The van der Waals surface area contributed by atoms with Crippen molar-refractivity contribution in [3.63, 3.8) is 0 Å². The Hall–Kier alpha value is -1.28. The van der Waals surface area contributed by atoms with Crippen LogP contribution in [0.5, 0.6) is 0 Å². The van der Waals surface area contributed by atoms with E-state index in [1.807, 2.05) is 7.11 Å². The van der Waals surface area contributed by atoms with Gasteiger partial charge >= 0.3 is 0 Å². The lowest BCUT2D eigenvalue weighted by atomic mass is 9.69. The Balaban J connectivity index is 2.44. The molecule has 0 amide bonds. The van der Waals surface area contributed by atoms with Gasteiger partial charge in [0.15, 0.2) is 0 Å². The molecule has 2 aliphatic carbocycles. The summed E-state index contributed by atoms with van der Waals surface area (Å²) in [5.41, 5.74) is 5.35. The van der Waals surface area contributed by atoms with E-state index in [1.165, 1.54) is 16.7 Å². The fourth-order valence-electron chi connectivity index (χ4n) is 4.62. The Morgan fingerprint density at radius 1 is 0.931 bits per heavy atom. The van der Waals surface area contributed by atoms with Gasteiger partial charge in [0.1, 0.15) is 5.76 Å². The van der Waals surface area contributed by atoms with Gasteiger partial charge in [-0.05, 0) is 51.7 Å². The fraction of sp³-hybridized carbons (Fsp3) is 0.704. The van der Waals surface area contributed by atoms with Gasteiger partial charge in [0, 0.05) is 5.92 Å². The predicted octanol–water partition coefficient (Wildman–Crippen LogP) is 7.23. The number of hydrogen-bond acceptors (Lipinski definition) is 2. The van der Waals surface area contributed by atoms with Crippen molar-refractivity contribution in [3.05, 3.63) is 46.3 Å². The zero-order valence-electron chi connectivity index (χ0n) is 20.7. The number of aliphatic hydroxyl groups excluding tert-OH is 1. The maximum absolute atomic E-state index is 10.7. The molecular weight excluding hydrogens is 356 g/mol. The van der Waals surface area contributed by atoms with Gasteiger partial charge in [-0.2, -0.15) is 0 Å². The van der Waals surface area contributed by atoms with Crippen LogP contribution < -0.4 is 0 Å². The molecule has 3 atom stereocenters. The molecule has 0 bridgehead atoms. The summed E-state index contributed by atoms with van der Waals surface area (Å²) in [6.45, 7) is 22.4. The van der Waals surface area contributed by atoms with Crippen molar-refractivity contribution in [2.75, 3.05) is 7.11 Å². The Kier molecular flexibility index (Phi) is 6.70. The molecule has 0 heterocycles. The molecule has 2 aliphatic rings. The minimum atomic E-state index is -0.379. The molecular formula is C27H44O2. The predicted molar refractivity (Wildman–Crippen MR) is 125 cm³/mol. The Morgan fingerprint density at radius 3 is 1.97 bits per heavy atom. The lowest BCUT2D eigenvalue weighted by Crippen LogP contribution is -2.30. The smallest absolute Gasteiger partial charge is 0.122 e. The molecule has 0 saturated heterocycles. The van der Waals surface area contributed by atoms with E-state index < -0.39 is 0 Å². The Labute approximate surface area is 179 Å². The monoisotopic (exact) mass is 400 g/mol. The maximum Gasteiger partial charge on any atom is 0.122 e. The fourth-order valence-corrected chi connectivity index (χ4v) is 4.62. The quantitative estimate of drug-likeness (QED) is 0.541. The number of aliphatic hydroxyl groups is 1. The summed E-state index contributed by atoms with van der Waals surface area (Å²) in [5, 5.41) is 10.7. The highest BCUT2D eigenvalue weighted by Crippen LogP contribution is 2.47. The molecule has 2 nitrogen and oxygen atoms in total. The SMILES string of the molecule is COC1=C(C(C)(C)C)CC(CC2=CC(C)C(O)C(C(C)(C)C)=C2)C=C1C(C)(C)C. The Bertz CT molecular complexity index is 739. The van der Waals surface area contributed by atoms with Crippen molar-refractivity contribution in [3.8, 4) is 0 Å². The van der Waals surface area contributed by atoms with Crippen LogP contribution in [0.2, 0.25) is 0 Å². The van der Waals surface area contributed by atoms with Gasteiger partial charge in [-0.1, -0.05) is 93.0 Å². The number of ether oxygens (including phenoxy) is 1. The van der Waals surface area contributed by atoms with E-state index in [1.54, 1.807) is 0 Å². The molecule has 0 radical (unpaired) electrons. The molecule has 0 aromatic rings. The molecule has 2 rings (SSSR count). The van der Waals surface area contributed by atoms with Gasteiger partial charge in [-0.3, -0.25) is 0 Å². The minimum absolute atomic E-state index is 0.0220. The van der Waals surface area contributed by atoms with Gasteiger partial charge in [0.2, 0.25) is 0 Å². The lowest BCUT2D eigenvalue weighted by Gasteiger charge is -2.38. The standard InChI is InChI=1S/C27H44O2/c1-17-12-18(14-20(23(17)28)25(2,3)4)13-19-15-21(26(5,6)7)24(29-11)22(16-19)27(8,9)10/h12,14-15,17,19,23,28H,13,16H2,1-11H3. The molecule has 164 valence electrons. The van der Waals surface area contributed by atoms with Crippen LogP contribution >= 0.6 is 0 Å². The van der Waals surface area contributed by atoms with Gasteiger partial charge in [-0.15, -0.1) is 0 Å². The van der Waals surface area contributed by atoms with Crippen molar-refractivity contribution < 1.29 is 9.84 Å². The summed E-state index contributed by atoms with van der Waals surface area (Å²) in [6.07, 6.45) is 8.65. The van der Waals surface area contributed by atoms with Crippen molar-refractivity contribution in [1.29, 1.82) is 0 Å². The third-order valence-electron chi connectivity index (χ3n) is 6.30. The highest BCUT2D eigenvalue weighted by Gasteiger charge is 2.35. The van der Waals surface area contributed by atoms with Crippen LogP contribution in [0.1, 0.15) is 82.1 Å². The van der Waals surface area contributed by atoms with Crippen LogP contribution in [0.4, 0.5) is 0 Å². The van der Waals surface area contributed by atoms with Gasteiger partial charge in [-0.25, -0.2) is 0 Å². The van der Waals surface area contributed by atoms with E-state index in [0.29, 0.717) is 5.92 Å². The molecule has 0 aromatic carbocycles. The third-order valence-corrected chi connectivity index (χ3v) is 6.30. The normalized spacial score (nSPS) is 26.8. The van der Waals surface area contributed by atoms with Crippen LogP contribution in [0.25, 0.3) is 0 Å². The highest BCUT2D eigenvalue weighted by atomic mass is 16.5. The van der Waals surface area contributed by atoms with E-state index in [2.05, 4.69) is 87.5 Å². The first-order valence-electron chi connectivity index (χ1n) is 11.2. The van der Waals surface area contributed by atoms with Crippen LogP contribution in [-0.2, 0) is 4.74 Å². The zero-order valence-corrected chi connectivity index (χ0v) is 20.7. The first kappa shape index (κ1) is 24.0. The van der Waals surface area contributed by atoms with Crippen molar-refractivity contribution in [2.24, 2.45) is 28.1 Å². The Morgan fingerprint density at radius 2 is 1.52 bits per heavy atom. The first-order valence-corrected chi connectivity index (χ1v) is 11.2. The van der Waals surface area contributed by atoms with Gasteiger partial charge in [0.25, 0.3) is 0 Å². The van der Waals surface area contributed by atoms with E-state index in [-0.39, 0.29) is 28.3 Å². The molecule has 0 spiro atoms. The molecule has 0 aromatic heterocycles. The second-order valence-electron chi connectivity index (χ2n) is 12.2. The number of rotatable bonds is 3. The topological polar surface area (TPSA) is 29.5 Å².